The smallest absolute Gasteiger partial charge is 0.271 e. The molecular formula is C29H24Cl2N2O4. The molecule has 0 aliphatic heterocycles. The monoisotopic (exact) mass is 534 g/mol. The van der Waals surface area contributed by atoms with Crippen molar-refractivity contribution in [3.05, 3.63) is 123 Å². The van der Waals surface area contributed by atoms with E-state index in [0.29, 0.717) is 46.1 Å². The largest absolute Gasteiger partial charge is 0.493 e. The van der Waals surface area contributed by atoms with Gasteiger partial charge in [0.2, 0.25) is 0 Å². The Bertz CT molecular complexity index is 1360. The zero-order valence-electron chi connectivity index (χ0n) is 20.0. The molecule has 0 aliphatic rings. The van der Waals surface area contributed by atoms with Crippen LogP contribution >= 0.6 is 23.2 Å². The number of benzene rings is 4. The molecule has 6 nitrogen and oxygen atoms in total. The second kappa shape index (κ2) is 12.8. The van der Waals surface area contributed by atoms with Crippen LogP contribution in [-0.4, -0.2) is 19.2 Å². The van der Waals surface area contributed by atoms with E-state index >= 15 is 0 Å². The Kier molecular flexibility index (Phi) is 9.03. The zero-order chi connectivity index (χ0) is 26.0. The van der Waals surface area contributed by atoms with Crippen LogP contribution in [0.2, 0.25) is 10.0 Å². The molecule has 0 aromatic heterocycles. The van der Waals surface area contributed by atoms with Gasteiger partial charge in [0.15, 0.2) is 11.5 Å². The Morgan fingerprint density at radius 2 is 1.38 bits per heavy atom. The predicted molar refractivity (Wildman–Crippen MR) is 146 cm³/mol. The van der Waals surface area contributed by atoms with Crippen LogP contribution < -0.4 is 19.6 Å². The van der Waals surface area contributed by atoms with Crippen LogP contribution in [0, 0.1) is 0 Å². The van der Waals surface area contributed by atoms with Gasteiger partial charge in [0, 0.05) is 15.6 Å². The van der Waals surface area contributed by atoms with Gasteiger partial charge in [0.25, 0.3) is 5.91 Å². The fraction of sp³-hybridized carbons (Fsp3) is 0.103. The van der Waals surface area contributed by atoms with E-state index in [1.165, 1.54) is 6.21 Å². The molecule has 0 spiro atoms. The molecule has 0 fully saturated rings. The van der Waals surface area contributed by atoms with Crippen LogP contribution in [0.3, 0.4) is 0 Å². The number of hydrazone groups is 1. The summed E-state index contributed by atoms with van der Waals surface area (Å²) < 4.78 is 17.1. The summed E-state index contributed by atoms with van der Waals surface area (Å²) >= 11 is 11.8. The van der Waals surface area contributed by atoms with Crippen molar-refractivity contribution in [3.63, 3.8) is 0 Å². The van der Waals surface area contributed by atoms with Crippen molar-refractivity contribution in [2.24, 2.45) is 5.10 Å². The molecule has 0 radical (unpaired) electrons. The number of hydrogen-bond acceptors (Lipinski definition) is 5. The van der Waals surface area contributed by atoms with Crippen LogP contribution in [0.4, 0.5) is 0 Å². The maximum Gasteiger partial charge on any atom is 0.271 e. The maximum atomic E-state index is 12.4. The van der Waals surface area contributed by atoms with E-state index in [0.717, 1.165) is 16.7 Å². The number of amides is 1. The lowest BCUT2D eigenvalue weighted by molar-refractivity contribution is 0.0955. The van der Waals surface area contributed by atoms with Crippen molar-refractivity contribution in [2.45, 2.75) is 13.2 Å². The molecule has 0 saturated carbocycles. The minimum Gasteiger partial charge on any atom is -0.493 e. The minimum atomic E-state index is -0.338. The Morgan fingerprint density at radius 1 is 0.784 bits per heavy atom. The highest BCUT2D eigenvalue weighted by Gasteiger charge is 2.07. The number of carbonyl (C=O) groups is 1. The molecule has 0 aliphatic carbocycles. The number of hydrogen-bond donors (Lipinski definition) is 1. The summed E-state index contributed by atoms with van der Waals surface area (Å²) in [6, 6.07) is 27.1. The topological polar surface area (TPSA) is 69.2 Å². The molecule has 4 rings (SSSR count). The van der Waals surface area contributed by atoms with Gasteiger partial charge in [-0.15, -0.1) is 0 Å². The lowest BCUT2D eigenvalue weighted by Crippen LogP contribution is -2.17. The van der Waals surface area contributed by atoms with Crippen LogP contribution in [0.1, 0.15) is 27.0 Å². The van der Waals surface area contributed by atoms with Crippen LogP contribution in [0.25, 0.3) is 0 Å². The van der Waals surface area contributed by atoms with Crippen LogP contribution in [0.15, 0.2) is 96.1 Å². The molecule has 0 heterocycles. The summed E-state index contributed by atoms with van der Waals surface area (Å²) in [6.45, 7) is 0.781. The first kappa shape index (κ1) is 26.1. The van der Waals surface area contributed by atoms with Gasteiger partial charge in [-0.25, -0.2) is 5.43 Å². The minimum absolute atomic E-state index is 0.338. The van der Waals surface area contributed by atoms with Gasteiger partial charge >= 0.3 is 0 Å². The third kappa shape index (κ3) is 7.74. The second-order valence-electron chi connectivity index (χ2n) is 7.96. The molecule has 0 atom stereocenters. The summed E-state index contributed by atoms with van der Waals surface area (Å²) in [4.78, 5) is 12.4. The van der Waals surface area contributed by atoms with E-state index in [2.05, 4.69) is 10.5 Å². The maximum absolute atomic E-state index is 12.4. The average Bonchev–Trinajstić information content (AvgIpc) is 2.93. The van der Waals surface area contributed by atoms with Crippen molar-refractivity contribution in [3.8, 4) is 17.2 Å². The van der Waals surface area contributed by atoms with Crippen molar-refractivity contribution in [1.29, 1.82) is 0 Å². The molecule has 4 aromatic carbocycles. The fourth-order valence-corrected chi connectivity index (χ4v) is 3.56. The summed E-state index contributed by atoms with van der Waals surface area (Å²) in [5.41, 5.74) is 5.71. The normalized spacial score (nSPS) is 10.8. The van der Waals surface area contributed by atoms with Crippen molar-refractivity contribution in [2.75, 3.05) is 7.11 Å². The van der Waals surface area contributed by atoms with E-state index < -0.39 is 0 Å². The molecular weight excluding hydrogens is 511 g/mol. The molecule has 8 heteroatoms. The summed E-state index contributed by atoms with van der Waals surface area (Å²) in [6.07, 6.45) is 1.53. The Balaban J connectivity index is 1.29. The molecule has 37 heavy (non-hydrogen) atoms. The van der Waals surface area contributed by atoms with Gasteiger partial charge < -0.3 is 14.2 Å². The lowest BCUT2D eigenvalue weighted by Gasteiger charge is -2.11. The van der Waals surface area contributed by atoms with E-state index in [9.17, 15) is 4.79 Å². The number of carbonyl (C=O) groups excluding carboxylic acids is 1. The Hall–Kier alpha value is -4.00. The van der Waals surface area contributed by atoms with Gasteiger partial charge in [0.05, 0.1) is 13.3 Å². The number of nitrogens with one attached hydrogen (secondary N) is 1. The second-order valence-corrected chi connectivity index (χ2v) is 8.84. The standard InChI is InChI=1S/C29H24Cl2N2O4/c1-35-28-16-22(6-15-27(28)37-19-21-4-11-25(31)12-5-21)17-32-33-29(34)23-7-13-26(14-8-23)36-18-20-2-9-24(30)10-3-20/h2-17H,18-19H2,1H3,(H,33,34)/b32-17+. The van der Waals surface area contributed by atoms with E-state index in [1.54, 1.807) is 43.5 Å². The van der Waals surface area contributed by atoms with Gasteiger partial charge in [-0.2, -0.15) is 5.10 Å². The lowest BCUT2D eigenvalue weighted by atomic mass is 10.2. The van der Waals surface area contributed by atoms with Crippen molar-refractivity contribution < 1.29 is 19.0 Å². The molecule has 188 valence electrons. The Morgan fingerprint density at radius 3 is 1.97 bits per heavy atom. The SMILES string of the molecule is COc1cc(/C=N/NC(=O)c2ccc(OCc3ccc(Cl)cc3)cc2)ccc1OCc1ccc(Cl)cc1. The predicted octanol–water partition coefficient (Wildman–Crippen LogP) is 6.92. The van der Waals surface area contributed by atoms with Gasteiger partial charge in [-0.3, -0.25) is 4.79 Å². The van der Waals surface area contributed by atoms with E-state index in [1.807, 2.05) is 54.6 Å². The third-order valence-corrected chi connectivity index (χ3v) is 5.81. The van der Waals surface area contributed by atoms with Crippen LogP contribution in [0.5, 0.6) is 17.2 Å². The number of rotatable bonds is 10. The summed E-state index contributed by atoms with van der Waals surface area (Å²) in [5.74, 6) is 1.46. The average molecular weight is 535 g/mol. The third-order valence-electron chi connectivity index (χ3n) is 5.31. The van der Waals surface area contributed by atoms with Gasteiger partial charge in [-0.1, -0.05) is 47.5 Å². The highest BCUT2D eigenvalue weighted by Crippen LogP contribution is 2.28. The molecule has 0 unspecified atom stereocenters. The molecule has 1 N–H and O–H groups in total. The molecule has 0 bridgehead atoms. The van der Waals surface area contributed by atoms with Crippen LogP contribution in [-0.2, 0) is 13.2 Å². The first-order chi connectivity index (χ1) is 18.0. The zero-order valence-corrected chi connectivity index (χ0v) is 21.5. The molecule has 1 amide bonds. The van der Waals surface area contributed by atoms with E-state index in [4.69, 9.17) is 37.4 Å². The first-order valence-corrected chi connectivity index (χ1v) is 12.1. The number of ether oxygens (including phenoxy) is 3. The highest BCUT2D eigenvalue weighted by molar-refractivity contribution is 6.30. The Labute approximate surface area is 225 Å². The van der Waals surface area contributed by atoms with Gasteiger partial charge in [0.1, 0.15) is 19.0 Å². The summed E-state index contributed by atoms with van der Waals surface area (Å²) in [7, 11) is 1.57. The highest BCUT2D eigenvalue weighted by atomic mass is 35.5. The summed E-state index contributed by atoms with van der Waals surface area (Å²) in [5, 5.41) is 5.41. The van der Waals surface area contributed by atoms with Crippen molar-refractivity contribution >= 4 is 35.3 Å². The fourth-order valence-electron chi connectivity index (χ4n) is 3.31. The quantitative estimate of drug-likeness (QED) is 0.177. The number of methoxy groups -OCH3 is 1. The van der Waals surface area contributed by atoms with Crippen molar-refractivity contribution in [1.82, 2.24) is 5.43 Å². The number of nitrogens with zero attached hydrogens (tertiary/aromatic N) is 1. The van der Waals surface area contributed by atoms with E-state index in [-0.39, 0.29) is 5.91 Å². The molecule has 0 saturated heterocycles. The number of halogens is 2. The van der Waals surface area contributed by atoms with Gasteiger partial charge in [-0.05, 0) is 83.4 Å². The molecule has 4 aromatic rings. The first-order valence-electron chi connectivity index (χ1n) is 11.4.